The van der Waals surface area contributed by atoms with Gasteiger partial charge in [-0.25, -0.2) is 4.63 Å². The summed E-state index contributed by atoms with van der Waals surface area (Å²) in [7, 11) is 0. The second-order valence-electron chi connectivity index (χ2n) is 2.84. The number of aromatic nitrogens is 2. The van der Waals surface area contributed by atoms with E-state index in [1.165, 1.54) is 17.8 Å². The number of nitro benzene ring substituents is 1. The third-order valence-corrected chi connectivity index (χ3v) is 3.35. The van der Waals surface area contributed by atoms with Crippen molar-refractivity contribution in [2.24, 2.45) is 0 Å². The monoisotopic (exact) mass is 259 g/mol. The van der Waals surface area contributed by atoms with Crippen molar-refractivity contribution in [1.29, 1.82) is 0 Å². The molecule has 0 unspecified atom stereocenters. The van der Waals surface area contributed by atoms with E-state index in [1.54, 1.807) is 6.07 Å². The zero-order chi connectivity index (χ0) is 11.5. The smallest absolute Gasteiger partial charge is 0.258 e. The number of hydrogen-bond donors (Lipinski definition) is 0. The summed E-state index contributed by atoms with van der Waals surface area (Å²) in [5.74, 6) is 1.19. The number of rotatable bonds is 4. The van der Waals surface area contributed by atoms with E-state index >= 15 is 0 Å². The number of alkyl halides is 1. The molecule has 6 nitrogen and oxygen atoms in total. The summed E-state index contributed by atoms with van der Waals surface area (Å²) in [5, 5.41) is 17.9. The largest absolute Gasteiger partial charge is 0.300 e. The first-order valence-corrected chi connectivity index (χ1v) is 5.84. The molecule has 0 bridgehead atoms. The average Bonchev–Trinajstić information content (AvgIpc) is 2.74. The summed E-state index contributed by atoms with van der Waals surface area (Å²) in [5.41, 5.74) is 0.473. The Kier molecular flexibility index (Phi) is 3.25. The van der Waals surface area contributed by atoms with Gasteiger partial charge in [-0.2, -0.15) is 0 Å². The fourth-order valence-electron chi connectivity index (χ4n) is 1.24. The number of fused-ring (bicyclic) bond motifs is 1. The molecule has 1 aromatic heterocycles. The highest BCUT2D eigenvalue weighted by molar-refractivity contribution is 7.99. The van der Waals surface area contributed by atoms with E-state index in [2.05, 4.69) is 14.9 Å². The Morgan fingerprint density at radius 1 is 1.44 bits per heavy atom. The molecule has 0 saturated carbocycles. The number of nitrogens with zero attached hydrogens (tertiary/aromatic N) is 3. The van der Waals surface area contributed by atoms with Crippen LogP contribution in [0.4, 0.5) is 5.69 Å². The van der Waals surface area contributed by atoms with E-state index < -0.39 is 4.92 Å². The highest BCUT2D eigenvalue weighted by atomic mass is 35.5. The number of thioether (sulfide) groups is 1. The summed E-state index contributed by atoms with van der Waals surface area (Å²) >= 11 is 7.03. The van der Waals surface area contributed by atoms with Gasteiger partial charge in [-0.15, -0.1) is 23.4 Å². The second-order valence-corrected chi connectivity index (χ2v) is 4.35. The van der Waals surface area contributed by atoms with Crippen LogP contribution in [-0.4, -0.2) is 26.9 Å². The predicted molar refractivity (Wildman–Crippen MR) is 59.9 cm³/mol. The van der Waals surface area contributed by atoms with Gasteiger partial charge in [-0.05, 0) is 16.4 Å². The summed E-state index contributed by atoms with van der Waals surface area (Å²) in [4.78, 5) is 11.0. The van der Waals surface area contributed by atoms with Crippen molar-refractivity contribution in [2.45, 2.75) is 4.90 Å². The summed E-state index contributed by atoms with van der Waals surface area (Å²) in [6, 6.07) is 3.02. The first kappa shape index (κ1) is 11.2. The van der Waals surface area contributed by atoms with E-state index in [1.807, 2.05) is 0 Å². The van der Waals surface area contributed by atoms with Gasteiger partial charge in [-0.1, -0.05) is 0 Å². The molecule has 2 aromatic rings. The molecule has 1 heterocycles. The standard InChI is InChI=1S/C8H6ClN3O3S/c9-3-4-16-6-2-1-5(12(13)14)7-8(6)11-15-10-7/h1-2H,3-4H2. The molecule has 0 aliphatic rings. The highest BCUT2D eigenvalue weighted by Crippen LogP contribution is 2.31. The molecule has 16 heavy (non-hydrogen) atoms. The van der Waals surface area contributed by atoms with E-state index in [0.29, 0.717) is 17.1 Å². The van der Waals surface area contributed by atoms with Crippen molar-refractivity contribution < 1.29 is 9.55 Å². The lowest BCUT2D eigenvalue weighted by Crippen LogP contribution is -1.90. The molecule has 0 aliphatic heterocycles. The quantitative estimate of drug-likeness (QED) is 0.363. The van der Waals surface area contributed by atoms with Crippen molar-refractivity contribution in [3.63, 3.8) is 0 Å². The Balaban J connectivity index is 2.50. The minimum atomic E-state index is -0.511. The van der Waals surface area contributed by atoms with Crippen LogP contribution in [-0.2, 0) is 0 Å². The fourth-order valence-corrected chi connectivity index (χ4v) is 2.21. The van der Waals surface area contributed by atoms with Gasteiger partial charge < -0.3 is 0 Å². The van der Waals surface area contributed by atoms with E-state index in [9.17, 15) is 10.1 Å². The van der Waals surface area contributed by atoms with Gasteiger partial charge in [0.15, 0.2) is 5.52 Å². The Labute approximate surface area is 99.1 Å². The van der Waals surface area contributed by atoms with E-state index in [4.69, 9.17) is 11.6 Å². The third kappa shape index (κ3) is 1.96. The Morgan fingerprint density at radius 2 is 2.19 bits per heavy atom. The molecule has 0 amide bonds. The molecule has 0 atom stereocenters. The van der Waals surface area contributed by atoms with Gasteiger partial charge in [0.2, 0.25) is 5.52 Å². The van der Waals surface area contributed by atoms with Crippen molar-refractivity contribution in [3.05, 3.63) is 22.2 Å². The molecule has 0 N–H and O–H groups in total. The Bertz CT molecular complexity index is 530. The zero-order valence-electron chi connectivity index (χ0n) is 7.92. The number of benzene rings is 1. The second kappa shape index (κ2) is 4.67. The minimum Gasteiger partial charge on any atom is -0.258 e. The molecule has 0 fully saturated rings. The minimum absolute atomic E-state index is 0.105. The number of non-ortho nitro benzene ring substituents is 1. The Hall–Kier alpha value is -1.34. The highest BCUT2D eigenvalue weighted by Gasteiger charge is 2.19. The number of nitro groups is 1. The molecule has 8 heteroatoms. The van der Waals surface area contributed by atoms with Crippen LogP contribution >= 0.6 is 23.4 Å². The normalized spacial score (nSPS) is 10.8. The van der Waals surface area contributed by atoms with Crippen molar-refractivity contribution >= 4 is 40.1 Å². The molecule has 0 spiro atoms. The lowest BCUT2D eigenvalue weighted by atomic mass is 10.3. The fraction of sp³-hybridized carbons (Fsp3) is 0.250. The van der Waals surface area contributed by atoms with Crippen LogP contribution in [0.15, 0.2) is 21.7 Å². The summed E-state index contributed by atoms with van der Waals surface area (Å²) in [6.45, 7) is 0. The average molecular weight is 260 g/mol. The zero-order valence-corrected chi connectivity index (χ0v) is 9.49. The van der Waals surface area contributed by atoms with Crippen LogP contribution in [0, 0.1) is 10.1 Å². The van der Waals surface area contributed by atoms with Crippen molar-refractivity contribution in [2.75, 3.05) is 11.6 Å². The first-order chi connectivity index (χ1) is 7.74. The van der Waals surface area contributed by atoms with Gasteiger partial charge in [-0.3, -0.25) is 10.1 Å². The molecule has 0 aliphatic carbocycles. The summed E-state index contributed by atoms with van der Waals surface area (Å²) in [6.07, 6.45) is 0. The maximum absolute atomic E-state index is 10.7. The van der Waals surface area contributed by atoms with Crippen LogP contribution in [0.3, 0.4) is 0 Å². The van der Waals surface area contributed by atoms with Gasteiger partial charge in [0.05, 0.1) is 4.92 Å². The first-order valence-electron chi connectivity index (χ1n) is 4.32. The predicted octanol–water partition coefficient (Wildman–Crippen LogP) is 2.46. The molecule has 0 radical (unpaired) electrons. The van der Waals surface area contributed by atoms with Crippen molar-refractivity contribution in [3.8, 4) is 0 Å². The number of halogens is 1. The SMILES string of the molecule is O=[N+]([O-])c1ccc(SCCCl)c2nonc12. The number of hydrogen-bond acceptors (Lipinski definition) is 6. The summed E-state index contributed by atoms with van der Waals surface area (Å²) < 4.78 is 4.53. The maximum atomic E-state index is 10.7. The topological polar surface area (TPSA) is 82.1 Å². The molecular weight excluding hydrogens is 254 g/mol. The molecule has 1 aromatic carbocycles. The van der Waals surface area contributed by atoms with Gasteiger partial charge in [0.1, 0.15) is 0 Å². The molecule has 0 saturated heterocycles. The van der Waals surface area contributed by atoms with E-state index in [0.717, 1.165) is 4.90 Å². The molecular formula is C8H6ClN3O3S. The molecule has 2 rings (SSSR count). The van der Waals surface area contributed by atoms with Gasteiger partial charge in [0, 0.05) is 22.6 Å². The van der Waals surface area contributed by atoms with Crippen LogP contribution < -0.4 is 0 Å². The van der Waals surface area contributed by atoms with E-state index in [-0.39, 0.29) is 11.2 Å². The van der Waals surface area contributed by atoms with Gasteiger partial charge in [0.25, 0.3) is 0 Å². The lowest BCUT2D eigenvalue weighted by molar-refractivity contribution is -0.383. The lowest BCUT2D eigenvalue weighted by Gasteiger charge is -1.98. The maximum Gasteiger partial charge on any atom is 0.300 e. The Morgan fingerprint density at radius 3 is 2.88 bits per heavy atom. The van der Waals surface area contributed by atoms with Crippen LogP contribution in [0.25, 0.3) is 11.0 Å². The van der Waals surface area contributed by atoms with Crippen LogP contribution in [0.5, 0.6) is 0 Å². The van der Waals surface area contributed by atoms with Gasteiger partial charge >= 0.3 is 5.69 Å². The van der Waals surface area contributed by atoms with Crippen LogP contribution in [0.2, 0.25) is 0 Å². The molecule has 84 valence electrons. The van der Waals surface area contributed by atoms with Crippen LogP contribution in [0.1, 0.15) is 0 Å². The van der Waals surface area contributed by atoms with Crippen molar-refractivity contribution in [1.82, 2.24) is 10.3 Å². The third-order valence-electron chi connectivity index (χ3n) is 1.89.